The van der Waals surface area contributed by atoms with E-state index in [9.17, 15) is 0 Å². The van der Waals surface area contributed by atoms with Crippen molar-refractivity contribution in [3.05, 3.63) is 18.2 Å². The third-order valence-corrected chi connectivity index (χ3v) is 1.86. The second-order valence-corrected chi connectivity index (χ2v) is 3.08. The summed E-state index contributed by atoms with van der Waals surface area (Å²) in [5.74, 6) is 0. The van der Waals surface area contributed by atoms with Crippen molar-refractivity contribution < 1.29 is 10.0 Å². The van der Waals surface area contributed by atoms with Crippen LogP contribution in [0.1, 0.15) is 0 Å². The maximum atomic E-state index is 8.97. The van der Waals surface area contributed by atoms with Gasteiger partial charge in [0.2, 0.25) is 0 Å². The third kappa shape index (κ3) is 2.14. The first kappa shape index (κ1) is 9.89. The SMILES string of the molecule is CN(C)c1ccc(N)c(B(O)O)c1. The first-order valence-corrected chi connectivity index (χ1v) is 3.95. The van der Waals surface area contributed by atoms with Crippen LogP contribution in [-0.2, 0) is 0 Å². The van der Waals surface area contributed by atoms with Gasteiger partial charge in [-0.15, -0.1) is 0 Å². The summed E-state index contributed by atoms with van der Waals surface area (Å²) in [6.45, 7) is 0. The van der Waals surface area contributed by atoms with E-state index in [1.165, 1.54) is 0 Å². The Balaban J connectivity index is 3.11. The van der Waals surface area contributed by atoms with Gasteiger partial charge in [0.15, 0.2) is 0 Å². The lowest BCUT2D eigenvalue weighted by Crippen LogP contribution is -2.32. The number of nitrogen functional groups attached to an aromatic ring is 1. The lowest BCUT2D eigenvalue weighted by molar-refractivity contribution is 0.426. The molecule has 0 radical (unpaired) electrons. The zero-order valence-electron chi connectivity index (χ0n) is 7.73. The molecule has 0 bridgehead atoms. The minimum absolute atomic E-state index is 0.339. The molecule has 0 aliphatic rings. The zero-order valence-corrected chi connectivity index (χ0v) is 7.73. The molecule has 0 saturated carbocycles. The number of anilines is 2. The van der Waals surface area contributed by atoms with Crippen LogP contribution < -0.4 is 16.1 Å². The summed E-state index contributed by atoms with van der Waals surface area (Å²) in [4.78, 5) is 1.87. The maximum absolute atomic E-state index is 8.97. The molecule has 4 N–H and O–H groups in total. The number of benzene rings is 1. The summed E-state index contributed by atoms with van der Waals surface area (Å²) >= 11 is 0. The van der Waals surface area contributed by atoms with E-state index in [-0.39, 0.29) is 0 Å². The van der Waals surface area contributed by atoms with Crippen LogP contribution in [-0.4, -0.2) is 31.3 Å². The molecule has 0 aromatic heterocycles. The van der Waals surface area contributed by atoms with E-state index in [2.05, 4.69) is 0 Å². The van der Waals surface area contributed by atoms with Crippen LogP contribution >= 0.6 is 0 Å². The second-order valence-electron chi connectivity index (χ2n) is 3.08. The average Bonchev–Trinajstić information content (AvgIpc) is 2.04. The molecule has 0 spiro atoms. The molecule has 13 heavy (non-hydrogen) atoms. The molecule has 1 aromatic rings. The van der Waals surface area contributed by atoms with Crippen molar-refractivity contribution in [3.63, 3.8) is 0 Å². The molecule has 0 aliphatic heterocycles. The van der Waals surface area contributed by atoms with Crippen LogP contribution in [0.5, 0.6) is 0 Å². The van der Waals surface area contributed by atoms with E-state index >= 15 is 0 Å². The first-order chi connectivity index (χ1) is 6.02. The monoisotopic (exact) mass is 180 g/mol. The molecule has 0 heterocycles. The Hall–Kier alpha value is -1.20. The summed E-state index contributed by atoms with van der Waals surface area (Å²) < 4.78 is 0. The molecule has 5 heteroatoms. The van der Waals surface area contributed by atoms with Crippen molar-refractivity contribution in [1.82, 2.24) is 0 Å². The van der Waals surface area contributed by atoms with Crippen LogP contribution in [0.4, 0.5) is 11.4 Å². The molecule has 70 valence electrons. The minimum atomic E-state index is -1.51. The predicted molar refractivity (Wildman–Crippen MR) is 55.0 cm³/mol. The molecule has 0 saturated heterocycles. The quantitative estimate of drug-likeness (QED) is 0.404. The molecule has 0 unspecified atom stereocenters. The van der Waals surface area contributed by atoms with E-state index < -0.39 is 7.12 Å². The Morgan fingerprint density at radius 2 is 1.92 bits per heavy atom. The number of nitrogens with two attached hydrogens (primary N) is 1. The predicted octanol–water partition coefficient (Wildman–Crippen LogP) is -0.985. The Labute approximate surface area is 77.7 Å². The Kier molecular flexibility index (Phi) is 2.80. The lowest BCUT2D eigenvalue weighted by atomic mass is 9.79. The third-order valence-electron chi connectivity index (χ3n) is 1.86. The van der Waals surface area contributed by atoms with Crippen LogP contribution in [0.25, 0.3) is 0 Å². The average molecular weight is 180 g/mol. The molecule has 1 aromatic carbocycles. The topological polar surface area (TPSA) is 69.7 Å². The smallest absolute Gasteiger partial charge is 0.423 e. The van der Waals surface area contributed by atoms with E-state index in [1.807, 2.05) is 25.1 Å². The van der Waals surface area contributed by atoms with Crippen molar-refractivity contribution in [3.8, 4) is 0 Å². The number of hydrogen-bond donors (Lipinski definition) is 3. The van der Waals surface area contributed by atoms with Crippen molar-refractivity contribution in [2.45, 2.75) is 0 Å². The van der Waals surface area contributed by atoms with Gasteiger partial charge in [-0.05, 0) is 18.2 Å². The van der Waals surface area contributed by atoms with Gasteiger partial charge in [-0.1, -0.05) is 0 Å². The highest BCUT2D eigenvalue weighted by molar-refractivity contribution is 6.60. The van der Waals surface area contributed by atoms with Gasteiger partial charge in [0.05, 0.1) is 0 Å². The van der Waals surface area contributed by atoms with Gasteiger partial charge in [-0.2, -0.15) is 0 Å². The molecule has 0 amide bonds. The van der Waals surface area contributed by atoms with Gasteiger partial charge in [0, 0.05) is 30.9 Å². The summed E-state index contributed by atoms with van der Waals surface area (Å²) in [6.07, 6.45) is 0. The Morgan fingerprint density at radius 3 is 2.38 bits per heavy atom. The number of nitrogens with zero attached hydrogens (tertiary/aromatic N) is 1. The first-order valence-electron chi connectivity index (χ1n) is 3.95. The molecule has 0 atom stereocenters. The van der Waals surface area contributed by atoms with Gasteiger partial charge in [-0.25, -0.2) is 0 Å². The van der Waals surface area contributed by atoms with Crippen molar-refractivity contribution >= 4 is 24.0 Å². The zero-order chi connectivity index (χ0) is 10.0. The fourth-order valence-corrected chi connectivity index (χ4v) is 1.06. The highest BCUT2D eigenvalue weighted by atomic mass is 16.4. The Bertz CT molecular complexity index is 302. The second kappa shape index (κ2) is 3.68. The molecule has 1 rings (SSSR count). The van der Waals surface area contributed by atoms with Crippen molar-refractivity contribution in [1.29, 1.82) is 0 Å². The summed E-state index contributed by atoms with van der Waals surface area (Å²) in [6, 6.07) is 5.13. The minimum Gasteiger partial charge on any atom is -0.423 e. The van der Waals surface area contributed by atoms with Crippen LogP contribution in [0.3, 0.4) is 0 Å². The number of hydrogen-bond acceptors (Lipinski definition) is 4. The van der Waals surface area contributed by atoms with E-state index in [1.54, 1.807) is 12.1 Å². The van der Waals surface area contributed by atoms with Crippen LogP contribution in [0, 0.1) is 0 Å². The van der Waals surface area contributed by atoms with Gasteiger partial charge >= 0.3 is 7.12 Å². The highest BCUT2D eigenvalue weighted by Gasteiger charge is 2.15. The van der Waals surface area contributed by atoms with E-state index in [4.69, 9.17) is 15.8 Å². The summed E-state index contributed by atoms with van der Waals surface area (Å²) in [5.41, 5.74) is 7.17. The highest BCUT2D eigenvalue weighted by Crippen LogP contribution is 2.11. The molecular weight excluding hydrogens is 167 g/mol. The largest absolute Gasteiger partial charge is 0.490 e. The van der Waals surface area contributed by atoms with Gasteiger partial charge in [0.25, 0.3) is 0 Å². The fourth-order valence-electron chi connectivity index (χ4n) is 1.06. The molecule has 0 fully saturated rings. The van der Waals surface area contributed by atoms with Crippen molar-refractivity contribution in [2.75, 3.05) is 24.7 Å². The normalized spacial score (nSPS) is 9.85. The maximum Gasteiger partial charge on any atom is 0.490 e. The summed E-state index contributed by atoms with van der Waals surface area (Å²) in [7, 11) is 2.23. The van der Waals surface area contributed by atoms with Gasteiger partial charge in [-0.3, -0.25) is 0 Å². The fraction of sp³-hybridized carbons (Fsp3) is 0.250. The van der Waals surface area contributed by atoms with Crippen LogP contribution in [0.2, 0.25) is 0 Å². The van der Waals surface area contributed by atoms with Crippen molar-refractivity contribution in [2.24, 2.45) is 0 Å². The molecule has 0 aliphatic carbocycles. The lowest BCUT2D eigenvalue weighted by Gasteiger charge is -2.14. The standard InChI is InChI=1S/C8H13BN2O2/c1-11(2)6-3-4-8(10)7(5-6)9(12)13/h3-5,12-13H,10H2,1-2H3. The van der Waals surface area contributed by atoms with Gasteiger partial charge < -0.3 is 20.7 Å². The van der Waals surface area contributed by atoms with Crippen LogP contribution in [0.15, 0.2) is 18.2 Å². The molecular formula is C8H13BN2O2. The van der Waals surface area contributed by atoms with E-state index in [0.29, 0.717) is 11.2 Å². The Morgan fingerprint density at radius 1 is 1.31 bits per heavy atom. The van der Waals surface area contributed by atoms with E-state index in [0.717, 1.165) is 5.69 Å². The molecule has 4 nitrogen and oxygen atoms in total. The number of rotatable bonds is 2. The summed E-state index contributed by atoms with van der Waals surface area (Å²) in [5, 5.41) is 17.9. The van der Waals surface area contributed by atoms with Gasteiger partial charge in [0.1, 0.15) is 0 Å².